The second kappa shape index (κ2) is 8.52. The second-order valence-corrected chi connectivity index (χ2v) is 7.86. The summed E-state index contributed by atoms with van der Waals surface area (Å²) in [4.78, 5) is 28.0. The van der Waals surface area contributed by atoms with Gasteiger partial charge in [-0.2, -0.15) is 0 Å². The van der Waals surface area contributed by atoms with Crippen LogP contribution in [0.3, 0.4) is 0 Å². The van der Waals surface area contributed by atoms with Crippen LogP contribution in [-0.2, 0) is 9.53 Å². The predicted octanol–water partition coefficient (Wildman–Crippen LogP) is 1.76. The van der Waals surface area contributed by atoms with E-state index in [0.717, 1.165) is 18.9 Å². The molecule has 1 N–H and O–H groups in total. The molecule has 3 fully saturated rings. The van der Waals surface area contributed by atoms with E-state index in [1.54, 1.807) is 4.90 Å². The van der Waals surface area contributed by atoms with Crippen LogP contribution >= 0.6 is 0 Å². The zero-order valence-corrected chi connectivity index (χ0v) is 16.1. The fourth-order valence-corrected chi connectivity index (χ4v) is 4.16. The number of morpholine rings is 1. The maximum absolute atomic E-state index is 13.7. The molecule has 9 heteroatoms. The van der Waals surface area contributed by atoms with Crippen LogP contribution < -0.4 is 10.1 Å². The minimum atomic E-state index is -0.709. The molecule has 3 aliphatic heterocycles. The van der Waals surface area contributed by atoms with Crippen LogP contribution in [0.15, 0.2) is 18.2 Å². The SMILES string of the molecule is O=C1CO[C@@H]2CCN(C(=O)N3CCC(COc4ccc(F)cc4F)CC3)CC2N1. The number of nitrogens with zero attached hydrogens (tertiary/aromatic N) is 2. The van der Waals surface area contributed by atoms with Gasteiger partial charge in [0.2, 0.25) is 5.91 Å². The predicted molar refractivity (Wildman–Crippen MR) is 99.4 cm³/mol. The van der Waals surface area contributed by atoms with Crippen molar-refractivity contribution in [2.75, 3.05) is 39.4 Å². The van der Waals surface area contributed by atoms with Crippen molar-refractivity contribution in [1.29, 1.82) is 0 Å². The van der Waals surface area contributed by atoms with Gasteiger partial charge < -0.3 is 24.6 Å². The van der Waals surface area contributed by atoms with Crippen LogP contribution in [0.5, 0.6) is 5.75 Å². The monoisotopic (exact) mass is 409 g/mol. The van der Waals surface area contributed by atoms with Crippen molar-refractivity contribution < 1.29 is 27.8 Å². The molecule has 7 nitrogen and oxygen atoms in total. The van der Waals surface area contributed by atoms with E-state index in [1.165, 1.54) is 12.1 Å². The standard InChI is InChI=1S/C20H25F2N3O4/c21-14-1-2-17(15(22)9-14)28-11-13-3-6-24(7-4-13)20(27)25-8-5-18-16(10-25)23-19(26)12-29-18/h1-2,9,13,16,18H,3-8,10-12H2,(H,23,26)/t16?,18-/m1/s1. The molecule has 0 aliphatic carbocycles. The normalized spacial score (nSPS) is 25.4. The number of fused-ring (bicyclic) bond motifs is 1. The third-order valence-electron chi connectivity index (χ3n) is 5.85. The lowest BCUT2D eigenvalue weighted by Crippen LogP contribution is -2.62. The van der Waals surface area contributed by atoms with Gasteiger partial charge in [0.25, 0.3) is 0 Å². The van der Waals surface area contributed by atoms with Crippen LogP contribution in [0, 0.1) is 17.6 Å². The number of nitrogens with one attached hydrogen (secondary N) is 1. The molecule has 29 heavy (non-hydrogen) atoms. The highest BCUT2D eigenvalue weighted by atomic mass is 19.1. The van der Waals surface area contributed by atoms with Gasteiger partial charge in [-0.1, -0.05) is 0 Å². The highest BCUT2D eigenvalue weighted by Gasteiger charge is 2.38. The molecule has 0 spiro atoms. The Morgan fingerprint density at radius 2 is 1.93 bits per heavy atom. The Hall–Kier alpha value is -2.42. The molecule has 3 aliphatic rings. The molecule has 1 aromatic carbocycles. The van der Waals surface area contributed by atoms with E-state index in [9.17, 15) is 18.4 Å². The molecule has 2 atom stereocenters. The van der Waals surface area contributed by atoms with Gasteiger partial charge in [-0.3, -0.25) is 4.79 Å². The fourth-order valence-electron chi connectivity index (χ4n) is 4.16. The number of carbonyl (C=O) groups excluding carboxylic acids is 2. The first-order valence-corrected chi connectivity index (χ1v) is 10.0. The summed E-state index contributed by atoms with van der Waals surface area (Å²) in [6.45, 7) is 2.71. The summed E-state index contributed by atoms with van der Waals surface area (Å²) < 4.78 is 37.7. The first kappa shape index (κ1) is 19.9. The third-order valence-corrected chi connectivity index (χ3v) is 5.85. The third kappa shape index (κ3) is 4.60. The number of halogens is 2. The summed E-state index contributed by atoms with van der Waals surface area (Å²) in [7, 11) is 0. The number of hydrogen-bond acceptors (Lipinski definition) is 4. The first-order valence-electron chi connectivity index (χ1n) is 10.0. The number of benzene rings is 1. The molecule has 0 saturated carbocycles. The van der Waals surface area contributed by atoms with Gasteiger partial charge in [-0.25, -0.2) is 13.6 Å². The Kier molecular flexibility index (Phi) is 5.84. The van der Waals surface area contributed by atoms with Crippen LogP contribution in [0.4, 0.5) is 13.6 Å². The van der Waals surface area contributed by atoms with Crippen molar-refractivity contribution in [2.24, 2.45) is 5.92 Å². The summed E-state index contributed by atoms with van der Waals surface area (Å²) in [6.07, 6.45) is 2.21. The molecule has 0 aromatic heterocycles. The van der Waals surface area contributed by atoms with Crippen LogP contribution in [0.2, 0.25) is 0 Å². The number of rotatable bonds is 3. The Morgan fingerprint density at radius 3 is 2.69 bits per heavy atom. The lowest BCUT2D eigenvalue weighted by atomic mass is 9.97. The number of urea groups is 1. The van der Waals surface area contributed by atoms with Crippen molar-refractivity contribution in [3.63, 3.8) is 0 Å². The van der Waals surface area contributed by atoms with Crippen molar-refractivity contribution in [3.05, 3.63) is 29.8 Å². The van der Waals surface area contributed by atoms with Crippen LogP contribution in [-0.4, -0.2) is 73.3 Å². The second-order valence-electron chi connectivity index (χ2n) is 7.86. The highest BCUT2D eigenvalue weighted by molar-refractivity contribution is 5.79. The van der Waals surface area contributed by atoms with Crippen molar-refractivity contribution in [3.8, 4) is 5.75 Å². The van der Waals surface area contributed by atoms with Gasteiger partial charge in [-0.15, -0.1) is 0 Å². The quantitative estimate of drug-likeness (QED) is 0.826. The molecule has 3 amide bonds. The molecule has 0 bridgehead atoms. The van der Waals surface area contributed by atoms with E-state index in [-0.39, 0.29) is 42.4 Å². The number of hydrogen-bond donors (Lipinski definition) is 1. The van der Waals surface area contributed by atoms with E-state index in [1.807, 2.05) is 4.90 Å². The molecule has 3 heterocycles. The Bertz CT molecular complexity index is 770. The maximum atomic E-state index is 13.7. The number of ether oxygens (including phenoxy) is 2. The highest BCUT2D eigenvalue weighted by Crippen LogP contribution is 2.24. The molecule has 1 unspecified atom stereocenters. The molecule has 3 saturated heterocycles. The molecule has 0 radical (unpaired) electrons. The minimum Gasteiger partial charge on any atom is -0.490 e. The smallest absolute Gasteiger partial charge is 0.320 e. The molecular weight excluding hydrogens is 384 g/mol. The number of amides is 3. The van der Waals surface area contributed by atoms with E-state index in [0.29, 0.717) is 39.2 Å². The Balaban J connectivity index is 1.24. The lowest BCUT2D eigenvalue weighted by Gasteiger charge is -2.43. The molecule has 4 rings (SSSR count). The largest absolute Gasteiger partial charge is 0.490 e. The average molecular weight is 409 g/mol. The van der Waals surface area contributed by atoms with Gasteiger partial charge in [0, 0.05) is 32.2 Å². The topological polar surface area (TPSA) is 71.1 Å². The summed E-state index contributed by atoms with van der Waals surface area (Å²) >= 11 is 0. The number of piperidine rings is 2. The minimum absolute atomic E-state index is 0.0211. The van der Waals surface area contributed by atoms with Crippen LogP contribution in [0.1, 0.15) is 19.3 Å². The summed E-state index contributed by atoms with van der Waals surface area (Å²) in [5.74, 6) is -1.23. The van der Waals surface area contributed by atoms with Gasteiger partial charge in [0.05, 0.1) is 18.8 Å². The maximum Gasteiger partial charge on any atom is 0.320 e. The van der Waals surface area contributed by atoms with Gasteiger partial charge in [-0.05, 0) is 37.3 Å². The van der Waals surface area contributed by atoms with Crippen molar-refractivity contribution in [2.45, 2.75) is 31.4 Å². The van der Waals surface area contributed by atoms with Crippen molar-refractivity contribution >= 4 is 11.9 Å². The Labute approximate surface area is 167 Å². The van der Waals surface area contributed by atoms with Crippen molar-refractivity contribution in [1.82, 2.24) is 15.1 Å². The lowest BCUT2D eigenvalue weighted by molar-refractivity contribution is -0.139. The Morgan fingerprint density at radius 1 is 1.17 bits per heavy atom. The molecular formula is C20H25F2N3O4. The summed E-state index contributed by atoms with van der Waals surface area (Å²) in [6, 6.07) is 3.10. The number of carbonyl (C=O) groups is 2. The number of likely N-dealkylation sites (tertiary alicyclic amines) is 2. The van der Waals surface area contributed by atoms with E-state index in [2.05, 4.69) is 5.32 Å². The van der Waals surface area contributed by atoms with Gasteiger partial charge in [0.1, 0.15) is 12.4 Å². The zero-order valence-electron chi connectivity index (χ0n) is 16.1. The molecule has 158 valence electrons. The fraction of sp³-hybridized carbons (Fsp3) is 0.600. The summed E-state index contributed by atoms with van der Waals surface area (Å²) in [5.41, 5.74) is 0. The van der Waals surface area contributed by atoms with E-state index < -0.39 is 11.6 Å². The first-order chi connectivity index (χ1) is 14.0. The average Bonchev–Trinajstić information content (AvgIpc) is 2.72. The summed E-state index contributed by atoms with van der Waals surface area (Å²) in [5, 5.41) is 2.91. The zero-order chi connectivity index (χ0) is 20.4. The van der Waals surface area contributed by atoms with Crippen LogP contribution in [0.25, 0.3) is 0 Å². The van der Waals surface area contributed by atoms with Gasteiger partial charge >= 0.3 is 6.03 Å². The van der Waals surface area contributed by atoms with Gasteiger partial charge in [0.15, 0.2) is 11.6 Å². The van der Waals surface area contributed by atoms with E-state index >= 15 is 0 Å². The molecule has 1 aromatic rings. The van der Waals surface area contributed by atoms with E-state index in [4.69, 9.17) is 9.47 Å².